The molecule has 3 rings (SSSR count). The van der Waals surface area contributed by atoms with E-state index in [9.17, 15) is 4.79 Å². The summed E-state index contributed by atoms with van der Waals surface area (Å²) in [5.74, 6) is 0.533. The highest BCUT2D eigenvalue weighted by molar-refractivity contribution is 5.95. The molecule has 1 aliphatic carbocycles. The molecule has 1 fully saturated rings. The van der Waals surface area contributed by atoms with Crippen LogP contribution in [0.2, 0.25) is 0 Å². The molecule has 0 unspecified atom stereocenters. The van der Waals surface area contributed by atoms with Crippen LogP contribution < -0.4 is 15.8 Å². The van der Waals surface area contributed by atoms with E-state index < -0.39 is 0 Å². The first-order chi connectivity index (χ1) is 10.6. The number of nitrogen functional groups attached to an aromatic ring is 1. The molecule has 22 heavy (non-hydrogen) atoms. The summed E-state index contributed by atoms with van der Waals surface area (Å²) in [6.45, 7) is 2.51. The quantitative estimate of drug-likeness (QED) is 0.834. The number of ether oxygens (including phenoxy) is 1. The van der Waals surface area contributed by atoms with Crippen LogP contribution in [0, 0.1) is 6.92 Å². The van der Waals surface area contributed by atoms with Crippen LogP contribution in [0.3, 0.4) is 0 Å². The molecule has 2 aromatic carbocycles. The summed E-state index contributed by atoms with van der Waals surface area (Å²) in [6, 6.07) is 13.6. The Hall–Kier alpha value is -2.49. The van der Waals surface area contributed by atoms with Crippen LogP contribution >= 0.6 is 0 Å². The largest absolute Gasteiger partial charge is 0.487 e. The standard InChI is InChI=1S/C18H20N2O2/c1-12-4-2-3-5-14(12)11-22-17-9-6-13(10-16(17)19)18(21)20-15-7-8-15/h2-6,9-10,15H,7-8,11,19H2,1H3,(H,20,21). The Kier molecular flexibility index (Phi) is 4.00. The van der Waals surface area contributed by atoms with Crippen molar-refractivity contribution in [2.75, 3.05) is 5.73 Å². The molecule has 2 aromatic rings. The number of carbonyl (C=O) groups is 1. The van der Waals surface area contributed by atoms with Crippen LogP contribution in [0.5, 0.6) is 5.75 Å². The number of rotatable bonds is 5. The number of nitrogens with one attached hydrogen (secondary N) is 1. The maximum atomic E-state index is 12.0. The van der Waals surface area contributed by atoms with Gasteiger partial charge in [0.25, 0.3) is 5.91 Å². The minimum absolute atomic E-state index is 0.0698. The van der Waals surface area contributed by atoms with Gasteiger partial charge in [-0.15, -0.1) is 0 Å². The summed E-state index contributed by atoms with van der Waals surface area (Å²) in [5, 5.41) is 2.95. The fourth-order valence-electron chi connectivity index (χ4n) is 2.25. The number of aryl methyl sites for hydroxylation is 1. The number of benzene rings is 2. The van der Waals surface area contributed by atoms with Crippen molar-refractivity contribution in [1.29, 1.82) is 0 Å². The van der Waals surface area contributed by atoms with Crippen molar-refractivity contribution in [3.63, 3.8) is 0 Å². The summed E-state index contributed by atoms with van der Waals surface area (Å²) in [4.78, 5) is 12.0. The third-order valence-corrected chi connectivity index (χ3v) is 3.83. The molecule has 0 atom stereocenters. The van der Waals surface area contributed by atoms with Gasteiger partial charge in [-0.05, 0) is 49.1 Å². The topological polar surface area (TPSA) is 64.3 Å². The monoisotopic (exact) mass is 296 g/mol. The van der Waals surface area contributed by atoms with E-state index in [0.29, 0.717) is 29.6 Å². The molecule has 3 N–H and O–H groups in total. The highest BCUT2D eigenvalue weighted by Gasteiger charge is 2.24. The van der Waals surface area contributed by atoms with Gasteiger partial charge in [0.1, 0.15) is 12.4 Å². The van der Waals surface area contributed by atoms with E-state index in [1.54, 1.807) is 18.2 Å². The lowest BCUT2D eigenvalue weighted by atomic mass is 10.1. The number of anilines is 1. The van der Waals surface area contributed by atoms with Crippen LogP contribution in [-0.2, 0) is 6.61 Å². The van der Waals surface area contributed by atoms with Gasteiger partial charge in [-0.2, -0.15) is 0 Å². The molecule has 4 nitrogen and oxygen atoms in total. The molecule has 0 spiro atoms. The van der Waals surface area contributed by atoms with E-state index in [1.165, 1.54) is 5.56 Å². The first kappa shape index (κ1) is 14.4. The van der Waals surface area contributed by atoms with Gasteiger partial charge in [0, 0.05) is 11.6 Å². The fraction of sp³-hybridized carbons (Fsp3) is 0.278. The van der Waals surface area contributed by atoms with Crippen LogP contribution in [0.4, 0.5) is 5.69 Å². The van der Waals surface area contributed by atoms with Gasteiger partial charge in [-0.3, -0.25) is 4.79 Å². The maximum Gasteiger partial charge on any atom is 0.251 e. The lowest BCUT2D eigenvalue weighted by Gasteiger charge is -2.12. The molecular formula is C18H20N2O2. The maximum absolute atomic E-state index is 12.0. The number of hydrogen-bond acceptors (Lipinski definition) is 3. The molecule has 1 saturated carbocycles. The Morgan fingerprint density at radius 3 is 2.73 bits per heavy atom. The Bertz CT molecular complexity index is 693. The van der Waals surface area contributed by atoms with Crippen molar-refractivity contribution < 1.29 is 9.53 Å². The van der Waals surface area contributed by atoms with Gasteiger partial charge in [0.05, 0.1) is 5.69 Å². The minimum atomic E-state index is -0.0698. The summed E-state index contributed by atoms with van der Waals surface area (Å²) >= 11 is 0. The smallest absolute Gasteiger partial charge is 0.251 e. The number of hydrogen-bond donors (Lipinski definition) is 2. The zero-order valence-electron chi connectivity index (χ0n) is 12.6. The highest BCUT2D eigenvalue weighted by atomic mass is 16.5. The van der Waals surface area contributed by atoms with Gasteiger partial charge in [-0.25, -0.2) is 0 Å². The summed E-state index contributed by atoms with van der Waals surface area (Å²) in [5.41, 5.74) is 9.37. The van der Waals surface area contributed by atoms with Crippen molar-refractivity contribution in [3.8, 4) is 5.75 Å². The molecule has 1 amide bonds. The van der Waals surface area contributed by atoms with Gasteiger partial charge >= 0.3 is 0 Å². The van der Waals surface area contributed by atoms with Gasteiger partial charge in [-0.1, -0.05) is 24.3 Å². The molecule has 114 valence electrons. The average Bonchev–Trinajstić information content (AvgIpc) is 3.31. The number of nitrogens with two attached hydrogens (primary N) is 1. The predicted molar refractivity (Wildman–Crippen MR) is 86.9 cm³/mol. The first-order valence-corrected chi connectivity index (χ1v) is 7.51. The average molecular weight is 296 g/mol. The second-order valence-electron chi connectivity index (χ2n) is 5.72. The van der Waals surface area contributed by atoms with Gasteiger partial charge in [0.2, 0.25) is 0 Å². The Morgan fingerprint density at radius 2 is 2.05 bits per heavy atom. The van der Waals surface area contributed by atoms with E-state index in [1.807, 2.05) is 31.2 Å². The van der Waals surface area contributed by atoms with E-state index in [0.717, 1.165) is 18.4 Å². The second-order valence-corrected chi connectivity index (χ2v) is 5.72. The van der Waals surface area contributed by atoms with E-state index in [2.05, 4.69) is 5.32 Å². The van der Waals surface area contributed by atoms with Gasteiger partial charge in [0.15, 0.2) is 0 Å². The van der Waals surface area contributed by atoms with Crippen LogP contribution in [0.1, 0.15) is 34.3 Å². The molecule has 0 saturated heterocycles. The fourth-order valence-corrected chi connectivity index (χ4v) is 2.25. The normalized spacial score (nSPS) is 13.7. The SMILES string of the molecule is Cc1ccccc1COc1ccc(C(=O)NC2CC2)cc1N. The summed E-state index contributed by atoms with van der Waals surface area (Å²) in [7, 11) is 0. The summed E-state index contributed by atoms with van der Waals surface area (Å²) < 4.78 is 5.78. The van der Waals surface area contributed by atoms with Crippen LogP contribution in [0.25, 0.3) is 0 Å². The van der Waals surface area contributed by atoms with Crippen molar-refractivity contribution in [2.24, 2.45) is 0 Å². The van der Waals surface area contributed by atoms with E-state index in [-0.39, 0.29) is 5.91 Å². The van der Waals surface area contributed by atoms with Crippen molar-refractivity contribution in [1.82, 2.24) is 5.32 Å². The number of amides is 1. The highest BCUT2D eigenvalue weighted by Crippen LogP contribution is 2.25. The van der Waals surface area contributed by atoms with Crippen LogP contribution in [0.15, 0.2) is 42.5 Å². The lowest BCUT2D eigenvalue weighted by molar-refractivity contribution is 0.0951. The van der Waals surface area contributed by atoms with Crippen molar-refractivity contribution in [2.45, 2.75) is 32.4 Å². The van der Waals surface area contributed by atoms with Gasteiger partial charge < -0.3 is 15.8 Å². The molecule has 0 aromatic heterocycles. The molecule has 0 aliphatic heterocycles. The second kappa shape index (κ2) is 6.10. The third-order valence-electron chi connectivity index (χ3n) is 3.83. The molecule has 0 radical (unpaired) electrons. The van der Waals surface area contributed by atoms with Crippen molar-refractivity contribution in [3.05, 3.63) is 59.2 Å². The lowest BCUT2D eigenvalue weighted by Crippen LogP contribution is -2.25. The Balaban J connectivity index is 1.67. The first-order valence-electron chi connectivity index (χ1n) is 7.51. The third kappa shape index (κ3) is 3.39. The molecule has 0 bridgehead atoms. The molecule has 0 heterocycles. The molecular weight excluding hydrogens is 276 g/mol. The van der Waals surface area contributed by atoms with E-state index >= 15 is 0 Å². The summed E-state index contributed by atoms with van der Waals surface area (Å²) in [6.07, 6.45) is 2.14. The Labute approximate surface area is 130 Å². The zero-order chi connectivity index (χ0) is 15.5. The predicted octanol–water partition coefficient (Wildman–Crippen LogP) is 3.05. The minimum Gasteiger partial charge on any atom is -0.487 e. The molecule has 4 heteroatoms. The number of carbonyl (C=O) groups excluding carboxylic acids is 1. The van der Waals surface area contributed by atoms with Crippen LogP contribution in [-0.4, -0.2) is 11.9 Å². The van der Waals surface area contributed by atoms with E-state index in [4.69, 9.17) is 10.5 Å². The zero-order valence-corrected chi connectivity index (χ0v) is 12.6. The molecule has 1 aliphatic rings. The Morgan fingerprint density at radius 1 is 1.27 bits per heavy atom. The van der Waals surface area contributed by atoms with Crippen molar-refractivity contribution >= 4 is 11.6 Å².